The van der Waals surface area contributed by atoms with Crippen LogP contribution in [0.4, 0.5) is 0 Å². The van der Waals surface area contributed by atoms with Crippen LogP contribution in [0.5, 0.6) is 5.75 Å². The molecular formula is C11H17O3P. The fourth-order valence-electron chi connectivity index (χ4n) is 1.12. The van der Waals surface area contributed by atoms with Crippen LogP contribution in [0, 0.1) is 0 Å². The lowest BCUT2D eigenvalue weighted by Gasteiger charge is -2.05. The average molecular weight is 228 g/mol. The first-order valence-corrected chi connectivity index (χ1v) is 6.45. The van der Waals surface area contributed by atoms with Crippen molar-refractivity contribution < 1.29 is 13.6 Å². The van der Waals surface area contributed by atoms with Crippen molar-refractivity contribution >= 4 is 8.25 Å². The maximum absolute atomic E-state index is 11.3. The Bertz CT molecular complexity index is 287. The Balaban J connectivity index is 2.19. The van der Waals surface area contributed by atoms with Crippen LogP contribution >= 0.6 is 8.25 Å². The van der Waals surface area contributed by atoms with Gasteiger partial charge in [0.25, 0.3) is 0 Å². The smallest absolute Gasteiger partial charge is 0.367 e. The Hall–Kier alpha value is -0.790. The predicted molar refractivity (Wildman–Crippen MR) is 61.5 cm³/mol. The summed E-state index contributed by atoms with van der Waals surface area (Å²) in [6.07, 6.45) is 3.16. The molecule has 0 aliphatic carbocycles. The molecule has 0 saturated heterocycles. The van der Waals surface area contributed by atoms with Crippen LogP contribution in [0.25, 0.3) is 0 Å². The Morgan fingerprint density at radius 3 is 2.60 bits per heavy atom. The van der Waals surface area contributed by atoms with Gasteiger partial charge in [0.2, 0.25) is 0 Å². The SMILES string of the molecule is CCCCCO[PH](=O)Oc1ccccc1. The van der Waals surface area contributed by atoms with Crippen molar-refractivity contribution in [2.45, 2.75) is 26.2 Å². The second kappa shape index (κ2) is 7.49. The zero-order valence-corrected chi connectivity index (χ0v) is 9.94. The highest BCUT2D eigenvalue weighted by atomic mass is 31.1. The van der Waals surface area contributed by atoms with Gasteiger partial charge in [0.15, 0.2) is 0 Å². The van der Waals surface area contributed by atoms with Crippen LogP contribution < -0.4 is 4.52 Å². The molecule has 0 amide bonds. The molecule has 0 spiro atoms. The second-order valence-electron chi connectivity index (χ2n) is 3.22. The average Bonchev–Trinajstić information content (AvgIpc) is 2.26. The zero-order chi connectivity index (χ0) is 10.9. The minimum atomic E-state index is -2.37. The van der Waals surface area contributed by atoms with Gasteiger partial charge in [-0.1, -0.05) is 38.0 Å². The van der Waals surface area contributed by atoms with Crippen LogP contribution in [0.15, 0.2) is 30.3 Å². The van der Waals surface area contributed by atoms with Gasteiger partial charge in [-0.2, -0.15) is 0 Å². The summed E-state index contributed by atoms with van der Waals surface area (Å²) in [7, 11) is -2.37. The van der Waals surface area contributed by atoms with Gasteiger partial charge >= 0.3 is 8.25 Å². The summed E-state index contributed by atoms with van der Waals surface area (Å²) in [5, 5.41) is 0. The molecule has 0 aliphatic rings. The number of benzene rings is 1. The molecular weight excluding hydrogens is 211 g/mol. The first-order valence-electron chi connectivity index (χ1n) is 5.22. The van der Waals surface area contributed by atoms with Gasteiger partial charge in [-0.25, -0.2) is 4.57 Å². The molecule has 1 aromatic rings. The summed E-state index contributed by atoms with van der Waals surface area (Å²) < 4.78 is 21.5. The van der Waals surface area contributed by atoms with E-state index >= 15 is 0 Å². The van der Waals surface area contributed by atoms with E-state index in [2.05, 4.69) is 6.92 Å². The molecule has 0 saturated carbocycles. The van der Waals surface area contributed by atoms with E-state index in [1.54, 1.807) is 12.1 Å². The van der Waals surface area contributed by atoms with Gasteiger partial charge in [0.05, 0.1) is 6.61 Å². The molecule has 84 valence electrons. The van der Waals surface area contributed by atoms with Crippen molar-refractivity contribution in [2.75, 3.05) is 6.61 Å². The van der Waals surface area contributed by atoms with E-state index in [1.807, 2.05) is 18.2 Å². The van der Waals surface area contributed by atoms with Gasteiger partial charge in [0, 0.05) is 0 Å². The van der Waals surface area contributed by atoms with Crippen LogP contribution in [0.3, 0.4) is 0 Å². The summed E-state index contributed by atoms with van der Waals surface area (Å²) in [4.78, 5) is 0. The van der Waals surface area contributed by atoms with E-state index in [-0.39, 0.29) is 0 Å². The molecule has 0 N–H and O–H groups in total. The Morgan fingerprint density at radius 1 is 1.20 bits per heavy atom. The summed E-state index contributed by atoms with van der Waals surface area (Å²) in [5.41, 5.74) is 0. The van der Waals surface area contributed by atoms with Crippen LogP contribution in [-0.2, 0) is 9.09 Å². The molecule has 1 aromatic carbocycles. The fourth-order valence-corrected chi connectivity index (χ4v) is 1.82. The van der Waals surface area contributed by atoms with Crippen molar-refractivity contribution in [1.29, 1.82) is 0 Å². The first-order chi connectivity index (χ1) is 7.33. The lowest BCUT2D eigenvalue weighted by atomic mass is 10.3. The third kappa shape index (κ3) is 5.60. The van der Waals surface area contributed by atoms with E-state index in [9.17, 15) is 4.57 Å². The highest BCUT2D eigenvalue weighted by molar-refractivity contribution is 7.33. The van der Waals surface area contributed by atoms with Crippen LogP contribution in [-0.4, -0.2) is 6.61 Å². The summed E-state index contributed by atoms with van der Waals surface area (Å²) in [6, 6.07) is 9.07. The standard InChI is InChI=1S/C11H17O3P/c1-2-3-7-10-13-15(12)14-11-8-5-4-6-9-11/h4-6,8-9,15H,2-3,7,10H2,1H3. The quantitative estimate of drug-likeness (QED) is 0.527. The summed E-state index contributed by atoms with van der Waals surface area (Å²) in [6.45, 7) is 2.63. The number of para-hydroxylation sites is 1. The van der Waals surface area contributed by atoms with Crippen molar-refractivity contribution in [3.8, 4) is 5.75 Å². The summed E-state index contributed by atoms with van der Waals surface area (Å²) in [5.74, 6) is 0.594. The maximum atomic E-state index is 11.3. The molecule has 0 aromatic heterocycles. The molecule has 3 nitrogen and oxygen atoms in total. The fraction of sp³-hybridized carbons (Fsp3) is 0.455. The van der Waals surface area contributed by atoms with Gasteiger partial charge in [-0.3, -0.25) is 0 Å². The van der Waals surface area contributed by atoms with E-state index in [0.29, 0.717) is 12.4 Å². The minimum Gasteiger partial charge on any atom is -0.426 e. The van der Waals surface area contributed by atoms with E-state index in [1.165, 1.54) is 0 Å². The molecule has 4 heteroatoms. The molecule has 0 fully saturated rings. The molecule has 0 bridgehead atoms. The minimum absolute atomic E-state index is 0.512. The van der Waals surface area contributed by atoms with E-state index in [4.69, 9.17) is 9.05 Å². The molecule has 0 radical (unpaired) electrons. The second-order valence-corrected chi connectivity index (χ2v) is 4.21. The Morgan fingerprint density at radius 2 is 1.93 bits per heavy atom. The summed E-state index contributed by atoms with van der Waals surface area (Å²) >= 11 is 0. The number of hydrogen-bond acceptors (Lipinski definition) is 3. The number of rotatable bonds is 7. The molecule has 0 heterocycles. The molecule has 1 rings (SSSR count). The molecule has 0 aliphatic heterocycles. The van der Waals surface area contributed by atoms with Crippen molar-refractivity contribution in [3.05, 3.63) is 30.3 Å². The number of unbranched alkanes of at least 4 members (excludes halogenated alkanes) is 2. The van der Waals surface area contributed by atoms with Crippen LogP contribution in [0.2, 0.25) is 0 Å². The van der Waals surface area contributed by atoms with Gasteiger partial charge in [-0.15, -0.1) is 0 Å². The lowest BCUT2D eigenvalue weighted by Crippen LogP contribution is -1.90. The first kappa shape index (κ1) is 12.3. The normalized spacial score (nSPS) is 12.3. The van der Waals surface area contributed by atoms with Crippen molar-refractivity contribution in [2.24, 2.45) is 0 Å². The van der Waals surface area contributed by atoms with E-state index in [0.717, 1.165) is 19.3 Å². The number of hydrogen-bond donors (Lipinski definition) is 0. The zero-order valence-electron chi connectivity index (χ0n) is 8.94. The Labute approximate surface area is 91.4 Å². The largest absolute Gasteiger partial charge is 0.426 e. The highest BCUT2D eigenvalue weighted by Gasteiger charge is 2.00. The molecule has 1 unspecified atom stereocenters. The van der Waals surface area contributed by atoms with Crippen molar-refractivity contribution in [1.82, 2.24) is 0 Å². The topological polar surface area (TPSA) is 35.5 Å². The third-order valence-corrected chi connectivity index (χ3v) is 2.75. The van der Waals surface area contributed by atoms with Gasteiger partial charge < -0.3 is 9.05 Å². The highest BCUT2D eigenvalue weighted by Crippen LogP contribution is 2.27. The van der Waals surface area contributed by atoms with Crippen LogP contribution in [0.1, 0.15) is 26.2 Å². The Kier molecular flexibility index (Phi) is 6.14. The van der Waals surface area contributed by atoms with Gasteiger partial charge in [0.1, 0.15) is 5.75 Å². The van der Waals surface area contributed by atoms with E-state index < -0.39 is 8.25 Å². The molecule has 15 heavy (non-hydrogen) atoms. The maximum Gasteiger partial charge on any atom is 0.367 e. The third-order valence-electron chi connectivity index (χ3n) is 1.91. The van der Waals surface area contributed by atoms with Crippen molar-refractivity contribution in [3.63, 3.8) is 0 Å². The van der Waals surface area contributed by atoms with Gasteiger partial charge in [-0.05, 0) is 18.6 Å². The lowest BCUT2D eigenvalue weighted by molar-refractivity contribution is 0.279. The monoisotopic (exact) mass is 228 g/mol. The molecule has 1 atom stereocenters. The predicted octanol–water partition coefficient (Wildman–Crippen LogP) is 3.66.